The van der Waals surface area contributed by atoms with Crippen LogP contribution in [-0.4, -0.2) is 50.3 Å². The van der Waals surface area contributed by atoms with Gasteiger partial charge in [0.15, 0.2) is 0 Å². The first-order valence-electron chi connectivity index (χ1n) is 5.98. The van der Waals surface area contributed by atoms with Gasteiger partial charge in [-0.3, -0.25) is 4.90 Å². The molecular formula is C12H24N2O. The molecular weight excluding hydrogens is 188 g/mol. The van der Waals surface area contributed by atoms with Gasteiger partial charge in [0.25, 0.3) is 0 Å². The number of nitrogens with zero attached hydrogens (tertiary/aromatic N) is 1. The maximum atomic E-state index is 5.33. The van der Waals surface area contributed by atoms with Gasteiger partial charge in [0.05, 0.1) is 13.2 Å². The van der Waals surface area contributed by atoms with Gasteiger partial charge in [-0.05, 0) is 32.9 Å². The highest BCUT2D eigenvalue weighted by Gasteiger charge is 2.21. The van der Waals surface area contributed by atoms with Gasteiger partial charge < -0.3 is 10.1 Å². The second kappa shape index (κ2) is 7.85. The second-order valence-electron chi connectivity index (χ2n) is 4.04. The predicted molar refractivity (Wildman–Crippen MR) is 64.2 cm³/mol. The Balaban J connectivity index is 0.000000337. The molecule has 0 unspecified atom stereocenters. The molecule has 2 rings (SSSR count). The molecule has 15 heavy (non-hydrogen) atoms. The first kappa shape index (κ1) is 12.7. The SMILES string of the molecule is C1CC(N2CCOCC2)CCN1.C=CC. The number of hydrogen-bond acceptors (Lipinski definition) is 3. The fourth-order valence-electron chi connectivity index (χ4n) is 2.11. The van der Waals surface area contributed by atoms with Crippen LogP contribution in [0.25, 0.3) is 0 Å². The Morgan fingerprint density at radius 3 is 2.33 bits per heavy atom. The molecule has 2 fully saturated rings. The van der Waals surface area contributed by atoms with E-state index in [-0.39, 0.29) is 0 Å². The third-order valence-electron chi connectivity index (χ3n) is 2.87. The van der Waals surface area contributed by atoms with Crippen LogP contribution in [0.3, 0.4) is 0 Å². The fraction of sp³-hybridized carbons (Fsp3) is 0.833. The molecule has 0 aromatic heterocycles. The van der Waals surface area contributed by atoms with Gasteiger partial charge in [-0.25, -0.2) is 0 Å². The Kier molecular flexibility index (Phi) is 6.64. The van der Waals surface area contributed by atoms with Crippen molar-refractivity contribution >= 4 is 0 Å². The van der Waals surface area contributed by atoms with Crippen LogP contribution in [-0.2, 0) is 4.74 Å². The molecule has 0 aromatic rings. The summed E-state index contributed by atoms with van der Waals surface area (Å²) in [5.74, 6) is 0. The van der Waals surface area contributed by atoms with Gasteiger partial charge in [0.1, 0.15) is 0 Å². The van der Waals surface area contributed by atoms with Crippen molar-refractivity contribution in [1.82, 2.24) is 10.2 Å². The minimum atomic E-state index is 0.829. The van der Waals surface area contributed by atoms with Crippen LogP contribution in [0.15, 0.2) is 12.7 Å². The van der Waals surface area contributed by atoms with E-state index >= 15 is 0 Å². The zero-order chi connectivity index (χ0) is 10.9. The van der Waals surface area contributed by atoms with Gasteiger partial charge in [-0.2, -0.15) is 0 Å². The van der Waals surface area contributed by atoms with Gasteiger partial charge >= 0.3 is 0 Å². The lowest BCUT2D eigenvalue weighted by Gasteiger charge is -2.36. The molecule has 0 atom stereocenters. The predicted octanol–water partition coefficient (Wildman–Crippen LogP) is 1.26. The highest BCUT2D eigenvalue weighted by atomic mass is 16.5. The average molecular weight is 212 g/mol. The van der Waals surface area contributed by atoms with E-state index in [0.717, 1.165) is 32.3 Å². The zero-order valence-corrected chi connectivity index (χ0v) is 9.87. The summed E-state index contributed by atoms with van der Waals surface area (Å²) in [6, 6.07) is 0.829. The Morgan fingerprint density at radius 2 is 1.80 bits per heavy atom. The van der Waals surface area contributed by atoms with Crippen LogP contribution in [0.1, 0.15) is 19.8 Å². The molecule has 1 N–H and O–H groups in total. The summed E-state index contributed by atoms with van der Waals surface area (Å²) in [7, 11) is 0. The summed E-state index contributed by atoms with van der Waals surface area (Å²) in [6.45, 7) is 11.8. The lowest BCUT2D eigenvalue weighted by molar-refractivity contribution is 0.0101. The maximum absolute atomic E-state index is 5.33. The van der Waals surface area contributed by atoms with Crippen molar-refractivity contribution in [2.75, 3.05) is 39.4 Å². The number of hydrogen-bond donors (Lipinski definition) is 1. The summed E-state index contributed by atoms with van der Waals surface area (Å²) in [5, 5.41) is 3.40. The first-order chi connectivity index (χ1) is 7.38. The lowest BCUT2D eigenvalue weighted by atomic mass is 10.0. The van der Waals surface area contributed by atoms with Crippen LogP contribution in [0.4, 0.5) is 0 Å². The summed E-state index contributed by atoms with van der Waals surface area (Å²) < 4.78 is 5.33. The van der Waals surface area contributed by atoms with E-state index in [0.29, 0.717) is 0 Å². The van der Waals surface area contributed by atoms with E-state index in [1.54, 1.807) is 6.08 Å². The first-order valence-corrected chi connectivity index (χ1v) is 5.98. The zero-order valence-electron chi connectivity index (χ0n) is 9.87. The molecule has 0 spiro atoms. The number of nitrogens with one attached hydrogen (secondary N) is 1. The van der Waals surface area contributed by atoms with Crippen molar-refractivity contribution in [3.05, 3.63) is 12.7 Å². The quantitative estimate of drug-likeness (QED) is 0.662. The topological polar surface area (TPSA) is 24.5 Å². The van der Waals surface area contributed by atoms with E-state index in [1.807, 2.05) is 6.92 Å². The lowest BCUT2D eigenvalue weighted by Crippen LogP contribution is -2.47. The van der Waals surface area contributed by atoms with E-state index in [4.69, 9.17) is 4.74 Å². The molecule has 0 aromatic carbocycles. The summed E-state index contributed by atoms with van der Waals surface area (Å²) in [4.78, 5) is 2.59. The number of morpholine rings is 1. The van der Waals surface area contributed by atoms with Crippen molar-refractivity contribution in [2.24, 2.45) is 0 Å². The molecule has 3 nitrogen and oxygen atoms in total. The number of piperidine rings is 1. The summed E-state index contributed by atoms with van der Waals surface area (Å²) in [6.07, 6.45) is 4.39. The van der Waals surface area contributed by atoms with Gasteiger partial charge in [0.2, 0.25) is 0 Å². The van der Waals surface area contributed by atoms with Crippen molar-refractivity contribution in [3.8, 4) is 0 Å². The van der Waals surface area contributed by atoms with E-state index in [9.17, 15) is 0 Å². The van der Waals surface area contributed by atoms with Crippen LogP contribution >= 0.6 is 0 Å². The number of ether oxygens (including phenoxy) is 1. The number of rotatable bonds is 1. The molecule has 0 saturated carbocycles. The Bertz CT molecular complexity index is 145. The fourth-order valence-corrected chi connectivity index (χ4v) is 2.11. The summed E-state index contributed by atoms with van der Waals surface area (Å²) in [5.41, 5.74) is 0. The molecule has 2 aliphatic rings. The molecule has 2 heterocycles. The standard InChI is InChI=1S/C9H18N2O.C3H6/c1-3-10-4-2-9(1)11-5-7-12-8-6-11;1-3-2/h9-10H,1-8H2;3H,1H2,2H3. The van der Waals surface area contributed by atoms with Crippen LogP contribution < -0.4 is 5.32 Å². The highest BCUT2D eigenvalue weighted by Crippen LogP contribution is 2.12. The average Bonchev–Trinajstić information content (AvgIpc) is 2.32. The van der Waals surface area contributed by atoms with Crippen molar-refractivity contribution in [3.63, 3.8) is 0 Å². The third-order valence-corrected chi connectivity index (χ3v) is 2.87. The Morgan fingerprint density at radius 1 is 1.27 bits per heavy atom. The smallest absolute Gasteiger partial charge is 0.0594 e. The van der Waals surface area contributed by atoms with Gasteiger partial charge in [-0.1, -0.05) is 6.08 Å². The molecule has 88 valence electrons. The normalized spacial score (nSPS) is 24.1. The van der Waals surface area contributed by atoms with Crippen molar-refractivity contribution in [2.45, 2.75) is 25.8 Å². The minimum absolute atomic E-state index is 0.829. The van der Waals surface area contributed by atoms with Crippen LogP contribution in [0.5, 0.6) is 0 Å². The molecule has 0 amide bonds. The molecule has 2 saturated heterocycles. The molecule has 0 aliphatic carbocycles. The Labute approximate surface area is 93.5 Å². The monoisotopic (exact) mass is 212 g/mol. The second-order valence-corrected chi connectivity index (χ2v) is 4.04. The van der Waals surface area contributed by atoms with Gasteiger partial charge in [0, 0.05) is 19.1 Å². The molecule has 0 radical (unpaired) electrons. The summed E-state index contributed by atoms with van der Waals surface area (Å²) >= 11 is 0. The third kappa shape index (κ3) is 4.78. The van der Waals surface area contributed by atoms with E-state index in [2.05, 4.69) is 16.8 Å². The maximum Gasteiger partial charge on any atom is 0.0594 e. The van der Waals surface area contributed by atoms with Gasteiger partial charge in [-0.15, -0.1) is 6.58 Å². The highest BCUT2D eigenvalue weighted by molar-refractivity contribution is 4.78. The largest absolute Gasteiger partial charge is 0.379 e. The number of allylic oxidation sites excluding steroid dienone is 1. The van der Waals surface area contributed by atoms with Crippen molar-refractivity contribution in [1.29, 1.82) is 0 Å². The minimum Gasteiger partial charge on any atom is -0.379 e. The van der Waals surface area contributed by atoms with Crippen LogP contribution in [0.2, 0.25) is 0 Å². The van der Waals surface area contributed by atoms with Crippen LogP contribution in [0, 0.1) is 0 Å². The van der Waals surface area contributed by atoms with E-state index < -0.39 is 0 Å². The van der Waals surface area contributed by atoms with Crippen molar-refractivity contribution < 1.29 is 4.74 Å². The Hall–Kier alpha value is -0.380. The molecule has 3 heteroatoms. The molecule has 0 bridgehead atoms. The molecule has 2 aliphatic heterocycles. The van der Waals surface area contributed by atoms with E-state index in [1.165, 1.54) is 25.9 Å².